The summed E-state index contributed by atoms with van der Waals surface area (Å²) >= 11 is 0. The molecule has 1 unspecified atom stereocenters. The van der Waals surface area contributed by atoms with E-state index in [1.807, 2.05) is 6.92 Å². The molecular formula is C11H22N2O2. The third-order valence-corrected chi connectivity index (χ3v) is 2.83. The molecule has 15 heavy (non-hydrogen) atoms. The minimum Gasteiger partial charge on any atom is -0.389 e. The first-order chi connectivity index (χ1) is 6.83. The molecule has 0 spiro atoms. The van der Waals surface area contributed by atoms with Gasteiger partial charge in [-0.15, -0.1) is 0 Å². The molecule has 1 fully saturated rings. The molecule has 1 atom stereocenters. The first kappa shape index (κ1) is 12.5. The van der Waals surface area contributed by atoms with Crippen LogP contribution in [0, 0.1) is 5.41 Å². The number of carbonyl (C=O) groups is 1. The lowest BCUT2D eigenvalue weighted by Crippen LogP contribution is -2.51. The number of hydrogen-bond donors (Lipinski definition) is 3. The van der Waals surface area contributed by atoms with Crippen molar-refractivity contribution in [2.75, 3.05) is 19.6 Å². The lowest BCUT2D eigenvalue weighted by Gasteiger charge is -2.33. The molecule has 1 saturated heterocycles. The van der Waals surface area contributed by atoms with Crippen LogP contribution in [-0.2, 0) is 4.79 Å². The second-order valence-electron chi connectivity index (χ2n) is 5.34. The monoisotopic (exact) mass is 214 g/mol. The SMILES string of the molecule is CC(C)(O)CNC(=O)C1(C)CCCNC1. The standard InChI is InChI=1S/C11H22N2O2/c1-10(2,15)7-13-9(14)11(3)5-4-6-12-8-11/h12,15H,4-8H2,1-3H3,(H,13,14). The van der Waals surface area contributed by atoms with E-state index in [-0.39, 0.29) is 11.3 Å². The molecule has 0 aliphatic carbocycles. The molecule has 0 aromatic carbocycles. The molecule has 1 aliphatic rings. The van der Waals surface area contributed by atoms with Gasteiger partial charge >= 0.3 is 0 Å². The molecule has 4 heteroatoms. The van der Waals surface area contributed by atoms with Crippen molar-refractivity contribution in [3.05, 3.63) is 0 Å². The van der Waals surface area contributed by atoms with E-state index in [0.29, 0.717) is 6.54 Å². The predicted molar refractivity (Wildman–Crippen MR) is 59.5 cm³/mol. The van der Waals surface area contributed by atoms with Crippen LogP contribution >= 0.6 is 0 Å². The van der Waals surface area contributed by atoms with Gasteiger partial charge in [0.05, 0.1) is 11.0 Å². The van der Waals surface area contributed by atoms with Crippen molar-refractivity contribution in [2.45, 2.75) is 39.2 Å². The van der Waals surface area contributed by atoms with E-state index in [4.69, 9.17) is 0 Å². The summed E-state index contributed by atoms with van der Waals surface area (Å²) in [6, 6.07) is 0. The highest BCUT2D eigenvalue weighted by molar-refractivity contribution is 5.82. The molecule has 1 rings (SSSR count). The van der Waals surface area contributed by atoms with Crippen molar-refractivity contribution in [1.82, 2.24) is 10.6 Å². The van der Waals surface area contributed by atoms with Crippen LogP contribution in [-0.4, -0.2) is 36.2 Å². The zero-order chi connectivity index (χ0) is 11.5. The fraction of sp³-hybridized carbons (Fsp3) is 0.909. The van der Waals surface area contributed by atoms with Crippen LogP contribution in [0.15, 0.2) is 0 Å². The summed E-state index contributed by atoms with van der Waals surface area (Å²) in [6.45, 7) is 7.38. The fourth-order valence-electron chi connectivity index (χ4n) is 1.76. The summed E-state index contributed by atoms with van der Waals surface area (Å²) in [6.07, 6.45) is 1.95. The molecule has 0 bridgehead atoms. The molecule has 3 N–H and O–H groups in total. The number of rotatable bonds is 3. The highest BCUT2D eigenvalue weighted by Crippen LogP contribution is 2.25. The highest BCUT2D eigenvalue weighted by Gasteiger charge is 2.34. The minimum atomic E-state index is -0.839. The van der Waals surface area contributed by atoms with Crippen molar-refractivity contribution in [2.24, 2.45) is 5.41 Å². The first-order valence-electron chi connectivity index (χ1n) is 5.55. The van der Waals surface area contributed by atoms with Crippen molar-refractivity contribution < 1.29 is 9.90 Å². The first-order valence-corrected chi connectivity index (χ1v) is 5.55. The number of piperidine rings is 1. The van der Waals surface area contributed by atoms with Gasteiger partial charge < -0.3 is 15.7 Å². The predicted octanol–water partition coefficient (Wildman–Crippen LogP) is 0.263. The Morgan fingerprint density at radius 3 is 2.73 bits per heavy atom. The Balaban J connectivity index is 2.45. The quantitative estimate of drug-likeness (QED) is 0.631. The third kappa shape index (κ3) is 3.80. The lowest BCUT2D eigenvalue weighted by atomic mass is 9.82. The van der Waals surface area contributed by atoms with Gasteiger partial charge in [0, 0.05) is 13.1 Å². The molecule has 4 nitrogen and oxygen atoms in total. The van der Waals surface area contributed by atoms with Crippen LogP contribution < -0.4 is 10.6 Å². The van der Waals surface area contributed by atoms with Crippen LogP contribution in [0.2, 0.25) is 0 Å². The van der Waals surface area contributed by atoms with Gasteiger partial charge in [-0.05, 0) is 40.2 Å². The number of carbonyl (C=O) groups excluding carboxylic acids is 1. The van der Waals surface area contributed by atoms with E-state index in [1.165, 1.54) is 0 Å². The molecular weight excluding hydrogens is 192 g/mol. The minimum absolute atomic E-state index is 0.0387. The second-order valence-corrected chi connectivity index (χ2v) is 5.34. The van der Waals surface area contributed by atoms with E-state index in [0.717, 1.165) is 25.9 Å². The van der Waals surface area contributed by atoms with E-state index >= 15 is 0 Å². The summed E-state index contributed by atoms with van der Waals surface area (Å²) in [7, 11) is 0. The maximum atomic E-state index is 11.9. The van der Waals surface area contributed by atoms with Crippen molar-refractivity contribution >= 4 is 5.91 Å². The Morgan fingerprint density at radius 2 is 2.27 bits per heavy atom. The maximum absolute atomic E-state index is 11.9. The largest absolute Gasteiger partial charge is 0.389 e. The number of amides is 1. The molecule has 1 heterocycles. The molecule has 0 radical (unpaired) electrons. The van der Waals surface area contributed by atoms with Crippen LogP contribution in [0.3, 0.4) is 0 Å². The highest BCUT2D eigenvalue weighted by atomic mass is 16.3. The maximum Gasteiger partial charge on any atom is 0.227 e. The normalized spacial score (nSPS) is 27.5. The van der Waals surface area contributed by atoms with Gasteiger partial charge in [-0.1, -0.05) is 0 Å². The Kier molecular flexibility index (Phi) is 3.73. The molecule has 0 aromatic heterocycles. The van der Waals surface area contributed by atoms with Crippen molar-refractivity contribution in [3.8, 4) is 0 Å². The Labute approximate surface area is 91.4 Å². The van der Waals surface area contributed by atoms with E-state index in [1.54, 1.807) is 13.8 Å². The zero-order valence-corrected chi connectivity index (χ0v) is 9.89. The van der Waals surface area contributed by atoms with Gasteiger partial charge in [-0.25, -0.2) is 0 Å². The Bertz CT molecular complexity index is 227. The van der Waals surface area contributed by atoms with Gasteiger partial charge in [-0.3, -0.25) is 4.79 Å². The van der Waals surface area contributed by atoms with Gasteiger partial charge in [0.2, 0.25) is 5.91 Å². The Morgan fingerprint density at radius 1 is 1.60 bits per heavy atom. The molecule has 0 saturated carbocycles. The molecule has 1 aliphatic heterocycles. The van der Waals surface area contributed by atoms with Gasteiger partial charge in [0.15, 0.2) is 0 Å². The smallest absolute Gasteiger partial charge is 0.227 e. The van der Waals surface area contributed by atoms with Gasteiger partial charge in [-0.2, -0.15) is 0 Å². The van der Waals surface area contributed by atoms with Gasteiger partial charge in [0.1, 0.15) is 0 Å². The summed E-state index contributed by atoms with van der Waals surface area (Å²) in [4.78, 5) is 11.9. The number of hydrogen-bond acceptors (Lipinski definition) is 3. The van der Waals surface area contributed by atoms with Crippen LogP contribution in [0.25, 0.3) is 0 Å². The van der Waals surface area contributed by atoms with E-state index in [9.17, 15) is 9.90 Å². The van der Waals surface area contributed by atoms with E-state index in [2.05, 4.69) is 10.6 Å². The lowest BCUT2D eigenvalue weighted by molar-refractivity contribution is -0.132. The summed E-state index contributed by atoms with van der Waals surface area (Å²) in [5.74, 6) is 0.0387. The fourth-order valence-corrected chi connectivity index (χ4v) is 1.76. The summed E-state index contributed by atoms with van der Waals surface area (Å²) < 4.78 is 0. The number of aliphatic hydroxyl groups is 1. The summed E-state index contributed by atoms with van der Waals surface area (Å²) in [5, 5.41) is 15.6. The van der Waals surface area contributed by atoms with Crippen molar-refractivity contribution in [1.29, 1.82) is 0 Å². The average Bonchev–Trinajstić information content (AvgIpc) is 2.14. The summed E-state index contributed by atoms with van der Waals surface area (Å²) in [5.41, 5.74) is -1.16. The van der Waals surface area contributed by atoms with Gasteiger partial charge in [0.25, 0.3) is 0 Å². The second kappa shape index (κ2) is 4.49. The number of nitrogens with one attached hydrogen (secondary N) is 2. The van der Waals surface area contributed by atoms with Crippen LogP contribution in [0.5, 0.6) is 0 Å². The van der Waals surface area contributed by atoms with Crippen LogP contribution in [0.1, 0.15) is 33.6 Å². The zero-order valence-electron chi connectivity index (χ0n) is 9.89. The molecule has 0 aromatic rings. The molecule has 88 valence electrons. The molecule has 1 amide bonds. The Hall–Kier alpha value is -0.610. The third-order valence-electron chi connectivity index (χ3n) is 2.83. The van der Waals surface area contributed by atoms with E-state index < -0.39 is 5.60 Å². The van der Waals surface area contributed by atoms with Crippen LogP contribution in [0.4, 0.5) is 0 Å². The van der Waals surface area contributed by atoms with Crippen molar-refractivity contribution in [3.63, 3.8) is 0 Å². The average molecular weight is 214 g/mol. The topological polar surface area (TPSA) is 61.4 Å².